The Bertz CT molecular complexity index is 1740. The van der Waals surface area contributed by atoms with Crippen molar-refractivity contribution in [3.8, 4) is 17.0 Å². The fourth-order valence-electron chi connectivity index (χ4n) is 4.51. The van der Waals surface area contributed by atoms with Crippen LogP contribution in [-0.4, -0.2) is 41.0 Å². The van der Waals surface area contributed by atoms with Gasteiger partial charge in [0.2, 0.25) is 5.88 Å². The zero-order valence-corrected chi connectivity index (χ0v) is 22.2. The summed E-state index contributed by atoms with van der Waals surface area (Å²) in [6.07, 6.45) is 0.476. The Balaban J connectivity index is 1.28. The summed E-state index contributed by atoms with van der Waals surface area (Å²) in [5, 5.41) is 11.6. The number of carbonyl (C=O) groups excluding carboxylic acids is 2. The molecule has 2 N–H and O–H groups in total. The number of hydrogen-bond donors (Lipinski definition) is 2. The summed E-state index contributed by atoms with van der Waals surface area (Å²) in [6.45, 7) is 0.440. The number of esters is 1. The van der Waals surface area contributed by atoms with Gasteiger partial charge < -0.3 is 14.7 Å². The number of aromatic amines is 1. The van der Waals surface area contributed by atoms with E-state index in [4.69, 9.17) is 4.74 Å². The molecule has 0 atom stereocenters. The second kappa shape index (κ2) is 11.0. The van der Waals surface area contributed by atoms with E-state index in [0.29, 0.717) is 29.0 Å². The molecule has 0 saturated heterocycles. The molecule has 7 nitrogen and oxygen atoms in total. The van der Waals surface area contributed by atoms with Crippen molar-refractivity contribution < 1.29 is 19.4 Å². The largest absolute Gasteiger partial charge is 0.494 e. The second-order valence-corrected chi connectivity index (χ2v) is 10.4. The van der Waals surface area contributed by atoms with E-state index in [2.05, 4.69) is 11.1 Å². The minimum absolute atomic E-state index is 0.0724. The zero-order chi connectivity index (χ0) is 27.5. The maximum absolute atomic E-state index is 13.2. The van der Waals surface area contributed by atoms with E-state index in [-0.39, 0.29) is 16.7 Å². The number of carbonyl (C=O) groups is 2. The van der Waals surface area contributed by atoms with Gasteiger partial charge >= 0.3 is 10.8 Å². The molecule has 0 aliphatic carbocycles. The Hall–Kier alpha value is -4.69. The first-order chi connectivity index (χ1) is 18.8. The van der Waals surface area contributed by atoms with Crippen LogP contribution in [0.4, 0.5) is 0 Å². The van der Waals surface area contributed by atoms with Gasteiger partial charge in [0.25, 0.3) is 5.91 Å². The fourth-order valence-corrected chi connectivity index (χ4v) is 5.27. The van der Waals surface area contributed by atoms with Crippen molar-refractivity contribution in [2.45, 2.75) is 13.0 Å². The summed E-state index contributed by atoms with van der Waals surface area (Å²) in [7, 11) is 3.13. The predicted octanol–water partition coefficient (Wildman–Crippen LogP) is 5.61. The van der Waals surface area contributed by atoms with E-state index in [1.807, 2.05) is 60.7 Å². The molecule has 0 unspecified atom stereocenters. The average molecular weight is 539 g/mol. The van der Waals surface area contributed by atoms with Crippen LogP contribution in [0.25, 0.3) is 21.9 Å². The van der Waals surface area contributed by atoms with Crippen molar-refractivity contribution >= 4 is 34.0 Å². The lowest BCUT2D eigenvalue weighted by Gasteiger charge is -2.18. The van der Waals surface area contributed by atoms with Crippen LogP contribution >= 0.6 is 11.3 Å². The van der Waals surface area contributed by atoms with Gasteiger partial charge in [-0.15, -0.1) is 0 Å². The third kappa shape index (κ3) is 5.76. The summed E-state index contributed by atoms with van der Waals surface area (Å²) < 4.78 is 4.79. The Morgan fingerprint density at radius 3 is 2.23 bits per heavy atom. The highest BCUT2D eigenvalue weighted by Crippen LogP contribution is 2.25. The zero-order valence-electron chi connectivity index (χ0n) is 21.4. The Morgan fingerprint density at radius 1 is 0.872 bits per heavy atom. The molecule has 0 aliphatic rings. The van der Waals surface area contributed by atoms with Gasteiger partial charge in [-0.1, -0.05) is 65.9 Å². The lowest BCUT2D eigenvalue weighted by atomic mass is 10.0. The van der Waals surface area contributed by atoms with Crippen molar-refractivity contribution in [3.63, 3.8) is 0 Å². The molecule has 5 rings (SSSR count). The number of benzene rings is 4. The molecule has 4 aromatic carbocycles. The maximum Gasteiger partial charge on any atom is 0.337 e. The predicted molar refractivity (Wildman–Crippen MR) is 152 cm³/mol. The third-order valence-corrected chi connectivity index (χ3v) is 7.43. The first kappa shape index (κ1) is 25.9. The standard InChI is InChI=1S/C31H26N2O5S/c1-33(29(35)25-12-10-24-17-26(30(36)38-2)13-11-23(24)16-25)18-20-4-3-5-22(14-20)21-8-6-19(7-9-21)15-27-28(34)32-31(37)39-27/h3-14,16-17,34H,15,18H2,1-2H3,(H,32,37). The number of aromatic nitrogens is 1. The third-order valence-electron chi connectivity index (χ3n) is 6.55. The van der Waals surface area contributed by atoms with Crippen LogP contribution < -0.4 is 4.87 Å². The molecule has 0 saturated carbocycles. The van der Waals surface area contributed by atoms with Gasteiger partial charge in [-0.05, 0) is 63.4 Å². The molecular formula is C31H26N2O5S. The van der Waals surface area contributed by atoms with E-state index in [0.717, 1.165) is 44.4 Å². The summed E-state index contributed by atoms with van der Waals surface area (Å²) in [4.78, 5) is 40.8. The second-order valence-electron chi connectivity index (χ2n) is 9.29. The highest BCUT2D eigenvalue weighted by molar-refractivity contribution is 7.09. The molecule has 0 aliphatic heterocycles. The van der Waals surface area contributed by atoms with Crippen LogP contribution in [0.2, 0.25) is 0 Å². The van der Waals surface area contributed by atoms with Gasteiger partial charge in [0.15, 0.2) is 0 Å². The van der Waals surface area contributed by atoms with Gasteiger partial charge in [0, 0.05) is 25.6 Å². The average Bonchev–Trinajstić information content (AvgIpc) is 3.27. The smallest absolute Gasteiger partial charge is 0.337 e. The summed E-state index contributed by atoms with van der Waals surface area (Å²) in [5.41, 5.74) is 5.08. The topological polar surface area (TPSA) is 99.7 Å². The van der Waals surface area contributed by atoms with Crippen molar-refractivity contribution in [2.75, 3.05) is 14.2 Å². The lowest BCUT2D eigenvalue weighted by molar-refractivity contribution is 0.0600. The number of methoxy groups -OCH3 is 1. The molecule has 0 radical (unpaired) electrons. The number of nitrogens with zero attached hydrogens (tertiary/aromatic N) is 1. The van der Waals surface area contributed by atoms with Gasteiger partial charge in [0.1, 0.15) is 0 Å². The molecule has 5 aromatic rings. The molecular weight excluding hydrogens is 512 g/mol. The number of H-pyrrole nitrogens is 1. The van der Waals surface area contributed by atoms with E-state index in [1.165, 1.54) is 7.11 Å². The Kier molecular flexibility index (Phi) is 7.29. The van der Waals surface area contributed by atoms with Crippen LogP contribution in [0.3, 0.4) is 0 Å². The molecule has 0 spiro atoms. The first-order valence-electron chi connectivity index (χ1n) is 12.3. The molecule has 1 amide bonds. The number of nitrogens with one attached hydrogen (secondary N) is 1. The molecule has 39 heavy (non-hydrogen) atoms. The highest BCUT2D eigenvalue weighted by Gasteiger charge is 2.14. The Morgan fingerprint density at radius 2 is 1.56 bits per heavy atom. The van der Waals surface area contributed by atoms with Crippen molar-refractivity contribution in [2.24, 2.45) is 0 Å². The van der Waals surface area contributed by atoms with E-state index in [1.54, 1.807) is 30.1 Å². The number of rotatable bonds is 7. The molecule has 1 aromatic heterocycles. The van der Waals surface area contributed by atoms with Gasteiger partial charge in [-0.3, -0.25) is 14.6 Å². The van der Waals surface area contributed by atoms with Crippen molar-refractivity contribution in [1.82, 2.24) is 9.88 Å². The fraction of sp³-hybridized carbons (Fsp3) is 0.129. The first-order valence-corrected chi connectivity index (χ1v) is 13.1. The number of amides is 1. The molecule has 0 bridgehead atoms. The SMILES string of the molecule is COC(=O)c1ccc2cc(C(=O)N(C)Cc3cccc(-c4ccc(Cc5sc(=O)[nH]c5O)cc4)c3)ccc2c1. The molecule has 8 heteroatoms. The van der Waals surface area contributed by atoms with Crippen LogP contribution in [0.5, 0.6) is 5.88 Å². The maximum atomic E-state index is 13.2. The van der Waals surface area contributed by atoms with E-state index >= 15 is 0 Å². The van der Waals surface area contributed by atoms with Crippen molar-refractivity contribution in [3.05, 3.63) is 122 Å². The van der Waals surface area contributed by atoms with Gasteiger partial charge in [-0.2, -0.15) is 0 Å². The quantitative estimate of drug-likeness (QED) is 0.262. The minimum Gasteiger partial charge on any atom is -0.494 e. The van der Waals surface area contributed by atoms with Crippen LogP contribution in [0.15, 0.2) is 89.7 Å². The van der Waals surface area contributed by atoms with Crippen LogP contribution in [-0.2, 0) is 17.7 Å². The van der Waals surface area contributed by atoms with Crippen LogP contribution in [0.1, 0.15) is 36.7 Å². The number of thiazole rings is 1. The lowest BCUT2D eigenvalue weighted by Crippen LogP contribution is -2.26. The number of fused-ring (bicyclic) bond motifs is 1. The minimum atomic E-state index is -0.397. The van der Waals surface area contributed by atoms with Gasteiger partial charge in [0.05, 0.1) is 17.6 Å². The molecule has 196 valence electrons. The summed E-state index contributed by atoms with van der Waals surface area (Å²) in [5.74, 6) is -0.567. The summed E-state index contributed by atoms with van der Waals surface area (Å²) >= 11 is 1.01. The number of ether oxygens (including phenoxy) is 1. The molecule has 0 fully saturated rings. The normalized spacial score (nSPS) is 10.9. The highest BCUT2D eigenvalue weighted by atomic mass is 32.1. The van der Waals surface area contributed by atoms with Gasteiger partial charge in [-0.25, -0.2) is 4.79 Å². The van der Waals surface area contributed by atoms with E-state index in [9.17, 15) is 19.5 Å². The van der Waals surface area contributed by atoms with Crippen molar-refractivity contribution in [1.29, 1.82) is 0 Å². The monoisotopic (exact) mass is 538 g/mol. The summed E-state index contributed by atoms with van der Waals surface area (Å²) in [6, 6.07) is 26.7. The Labute approximate surface area is 228 Å². The molecule has 1 heterocycles. The van der Waals surface area contributed by atoms with E-state index < -0.39 is 5.97 Å². The number of aromatic hydroxyl groups is 1. The van der Waals surface area contributed by atoms with Crippen LogP contribution in [0, 0.1) is 0 Å². The number of hydrogen-bond acceptors (Lipinski definition) is 6.